The van der Waals surface area contributed by atoms with Crippen LogP contribution in [-0.2, 0) is 0 Å². The molecule has 0 bridgehead atoms. The zero-order chi connectivity index (χ0) is 13.0. The average Bonchev–Trinajstić information content (AvgIpc) is 2.37. The maximum absolute atomic E-state index is 12.0. The standard InChI is InChI=1S/C14H14N2O2/c1-10-7-8-16-14(15)13(10)12(17)9-18-11-5-3-2-4-6-11/h2-8H,9H2,1H3,(H2,15,16). The van der Waals surface area contributed by atoms with Crippen LogP contribution in [0.1, 0.15) is 15.9 Å². The van der Waals surface area contributed by atoms with Crippen molar-refractivity contribution >= 4 is 11.6 Å². The van der Waals surface area contributed by atoms with Crippen LogP contribution in [0, 0.1) is 6.92 Å². The van der Waals surface area contributed by atoms with Gasteiger partial charge in [0.25, 0.3) is 0 Å². The molecule has 4 nitrogen and oxygen atoms in total. The van der Waals surface area contributed by atoms with Crippen LogP contribution in [0.25, 0.3) is 0 Å². The summed E-state index contributed by atoms with van der Waals surface area (Å²) < 4.78 is 5.40. The van der Waals surface area contributed by atoms with Crippen molar-refractivity contribution in [3.8, 4) is 5.75 Å². The van der Waals surface area contributed by atoms with Gasteiger partial charge in [0.05, 0.1) is 5.56 Å². The fourth-order valence-corrected chi connectivity index (χ4v) is 1.68. The molecule has 0 amide bonds. The van der Waals surface area contributed by atoms with Gasteiger partial charge in [-0.3, -0.25) is 4.79 Å². The van der Waals surface area contributed by atoms with Gasteiger partial charge in [0.15, 0.2) is 6.61 Å². The van der Waals surface area contributed by atoms with Crippen LogP contribution in [0.5, 0.6) is 5.75 Å². The van der Waals surface area contributed by atoms with Gasteiger partial charge in [-0.25, -0.2) is 4.98 Å². The van der Waals surface area contributed by atoms with E-state index in [0.717, 1.165) is 5.56 Å². The molecule has 2 N–H and O–H groups in total. The van der Waals surface area contributed by atoms with Gasteiger partial charge in [-0.15, -0.1) is 0 Å². The number of rotatable bonds is 4. The number of anilines is 1. The fourth-order valence-electron chi connectivity index (χ4n) is 1.68. The number of nitrogens with zero attached hydrogens (tertiary/aromatic N) is 1. The van der Waals surface area contributed by atoms with Crippen molar-refractivity contribution in [2.75, 3.05) is 12.3 Å². The molecule has 0 unspecified atom stereocenters. The summed E-state index contributed by atoms with van der Waals surface area (Å²) in [5.41, 5.74) is 6.95. The van der Waals surface area contributed by atoms with E-state index in [-0.39, 0.29) is 18.2 Å². The average molecular weight is 242 g/mol. The van der Waals surface area contributed by atoms with Gasteiger partial charge in [-0.2, -0.15) is 0 Å². The van der Waals surface area contributed by atoms with Crippen molar-refractivity contribution in [3.05, 3.63) is 53.7 Å². The summed E-state index contributed by atoms with van der Waals surface area (Å²) >= 11 is 0. The monoisotopic (exact) mass is 242 g/mol. The summed E-state index contributed by atoms with van der Waals surface area (Å²) in [6, 6.07) is 10.9. The highest BCUT2D eigenvalue weighted by Crippen LogP contribution is 2.15. The van der Waals surface area contributed by atoms with Gasteiger partial charge in [0.1, 0.15) is 11.6 Å². The molecule has 2 rings (SSSR count). The number of carbonyl (C=O) groups excluding carboxylic acids is 1. The molecular weight excluding hydrogens is 228 g/mol. The quantitative estimate of drug-likeness (QED) is 0.835. The predicted octanol–water partition coefficient (Wildman–Crippen LogP) is 2.23. The Kier molecular flexibility index (Phi) is 3.57. The lowest BCUT2D eigenvalue weighted by molar-refractivity contribution is 0.0921. The zero-order valence-electron chi connectivity index (χ0n) is 10.1. The maximum Gasteiger partial charge on any atom is 0.204 e. The number of Topliss-reactive ketones (excluding diaryl/α,β-unsaturated/α-hetero) is 1. The SMILES string of the molecule is Cc1ccnc(N)c1C(=O)COc1ccccc1. The number of nitrogen functional groups attached to an aromatic ring is 1. The lowest BCUT2D eigenvalue weighted by Crippen LogP contribution is -2.15. The third-order valence-corrected chi connectivity index (χ3v) is 2.58. The summed E-state index contributed by atoms with van der Waals surface area (Å²) in [6.07, 6.45) is 1.58. The molecule has 0 spiro atoms. The molecule has 1 heterocycles. The molecular formula is C14H14N2O2. The maximum atomic E-state index is 12.0. The fraction of sp³-hybridized carbons (Fsp3) is 0.143. The van der Waals surface area contributed by atoms with Crippen molar-refractivity contribution in [1.82, 2.24) is 4.98 Å². The van der Waals surface area contributed by atoms with Crippen molar-refractivity contribution in [1.29, 1.82) is 0 Å². The number of ether oxygens (including phenoxy) is 1. The Bertz CT molecular complexity index is 533. The topological polar surface area (TPSA) is 65.2 Å². The molecule has 92 valence electrons. The minimum atomic E-state index is -0.165. The number of aromatic nitrogens is 1. The van der Waals surface area contributed by atoms with E-state index >= 15 is 0 Å². The number of nitrogens with two attached hydrogens (primary N) is 1. The van der Waals surface area contributed by atoms with Crippen LogP contribution in [0.3, 0.4) is 0 Å². The third-order valence-electron chi connectivity index (χ3n) is 2.58. The van der Waals surface area contributed by atoms with Gasteiger partial charge in [0.2, 0.25) is 5.78 Å². The normalized spacial score (nSPS) is 10.1. The third kappa shape index (κ3) is 2.66. The molecule has 0 saturated carbocycles. The van der Waals surface area contributed by atoms with Gasteiger partial charge < -0.3 is 10.5 Å². The van der Waals surface area contributed by atoms with E-state index in [9.17, 15) is 4.79 Å². The number of carbonyl (C=O) groups is 1. The summed E-state index contributed by atoms with van der Waals surface area (Å²) in [4.78, 5) is 15.9. The number of hydrogen-bond donors (Lipinski definition) is 1. The van der Waals surface area contributed by atoms with Crippen molar-refractivity contribution < 1.29 is 9.53 Å². The predicted molar refractivity (Wildman–Crippen MR) is 69.7 cm³/mol. The highest BCUT2D eigenvalue weighted by atomic mass is 16.5. The van der Waals surface area contributed by atoms with Crippen molar-refractivity contribution in [2.24, 2.45) is 0 Å². The Labute approximate surface area is 105 Å². The van der Waals surface area contributed by atoms with E-state index in [4.69, 9.17) is 10.5 Å². The van der Waals surface area contributed by atoms with Crippen molar-refractivity contribution in [3.63, 3.8) is 0 Å². The number of hydrogen-bond acceptors (Lipinski definition) is 4. The van der Waals surface area contributed by atoms with Crippen LogP contribution >= 0.6 is 0 Å². The first-order chi connectivity index (χ1) is 8.68. The molecule has 0 saturated heterocycles. The largest absolute Gasteiger partial charge is 0.485 e. The Hall–Kier alpha value is -2.36. The van der Waals surface area contributed by atoms with E-state index in [0.29, 0.717) is 11.3 Å². The Morgan fingerprint density at radius 1 is 1.28 bits per heavy atom. The second-order valence-electron chi connectivity index (χ2n) is 3.91. The highest BCUT2D eigenvalue weighted by Gasteiger charge is 2.14. The number of ketones is 1. The number of aryl methyl sites for hydroxylation is 1. The first kappa shape index (κ1) is 12.1. The van der Waals surface area contributed by atoms with E-state index in [2.05, 4.69) is 4.98 Å². The van der Waals surface area contributed by atoms with Crippen LogP contribution < -0.4 is 10.5 Å². The molecule has 1 aromatic carbocycles. The first-order valence-corrected chi connectivity index (χ1v) is 5.60. The minimum Gasteiger partial charge on any atom is -0.485 e. The smallest absolute Gasteiger partial charge is 0.204 e. The second-order valence-corrected chi connectivity index (χ2v) is 3.91. The molecule has 0 aliphatic rings. The summed E-state index contributed by atoms with van der Waals surface area (Å²) in [5.74, 6) is 0.740. The lowest BCUT2D eigenvalue weighted by Gasteiger charge is -2.08. The Morgan fingerprint density at radius 2 is 2.00 bits per heavy atom. The highest BCUT2D eigenvalue weighted by molar-refractivity contribution is 6.02. The number of pyridine rings is 1. The molecule has 18 heavy (non-hydrogen) atoms. The van der Waals surface area contributed by atoms with Crippen LogP contribution in [0.4, 0.5) is 5.82 Å². The van der Waals surface area contributed by atoms with Gasteiger partial charge in [-0.1, -0.05) is 18.2 Å². The van der Waals surface area contributed by atoms with Crippen molar-refractivity contribution in [2.45, 2.75) is 6.92 Å². The van der Waals surface area contributed by atoms with Gasteiger partial charge >= 0.3 is 0 Å². The summed E-state index contributed by atoms with van der Waals surface area (Å²) in [5, 5.41) is 0. The molecule has 2 aromatic rings. The molecule has 0 aliphatic heterocycles. The van der Waals surface area contributed by atoms with Crippen LogP contribution in [0.15, 0.2) is 42.6 Å². The molecule has 0 aliphatic carbocycles. The molecule has 4 heteroatoms. The van der Waals surface area contributed by atoms with Gasteiger partial charge in [0, 0.05) is 6.20 Å². The molecule has 0 atom stereocenters. The second kappa shape index (κ2) is 5.31. The van der Waals surface area contributed by atoms with E-state index in [1.807, 2.05) is 25.1 Å². The van der Waals surface area contributed by atoms with Crippen LogP contribution in [-0.4, -0.2) is 17.4 Å². The van der Waals surface area contributed by atoms with Crippen LogP contribution in [0.2, 0.25) is 0 Å². The van der Waals surface area contributed by atoms with E-state index in [1.54, 1.807) is 24.4 Å². The first-order valence-electron chi connectivity index (χ1n) is 5.60. The molecule has 0 radical (unpaired) electrons. The summed E-state index contributed by atoms with van der Waals surface area (Å²) in [7, 11) is 0. The van der Waals surface area contributed by atoms with E-state index in [1.165, 1.54) is 0 Å². The zero-order valence-corrected chi connectivity index (χ0v) is 10.1. The van der Waals surface area contributed by atoms with E-state index < -0.39 is 0 Å². The lowest BCUT2D eigenvalue weighted by atomic mass is 10.1. The number of benzene rings is 1. The van der Waals surface area contributed by atoms with Gasteiger partial charge in [-0.05, 0) is 30.7 Å². The summed E-state index contributed by atoms with van der Waals surface area (Å²) in [6.45, 7) is 1.79. The Morgan fingerprint density at radius 3 is 2.67 bits per heavy atom. The minimum absolute atomic E-state index is 0.0409. The molecule has 0 fully saturated rings. The molecule has 1 aromatic heterocycles. The Balaban J connectivity index is 2.09. The number of para-hydroxylation sites is 1.